The Kier molecular flexibility index (Phi) is 5.70. The Balaban J connectivity index is 2.06. The molecule has 1 N–H and O–H groups in total. The third-order valence-corrected chi connectivity index (χ3v) is 4.29. The van der Waals surface area contributed by atoms with Crippen LogP contribution in [0.4, 0.5) is 5.69 Å². The van der Waals surface area contributed by atoms with E-state index < -0.39 is 0 Å². The standard InChI is InChI=1S/C16H25ClN2O/c1-4-8-18-12(2)13-5-6-16(15(17)10-13)19-9-7-14(11-19)20-3/h5-6,10,12,14,18H,4,7-9,11H2,1-3H3. The minimum atomic E-state index is 0.330. The third kappa shape index (κ3) is 3.66. The van der Waals surface area contributed by atoms with Gasteiger partial charge in [-0.1, -0.05) is 24.6 Å². The van der Waals surface area contributed by atoms with Crippen molar-refractivity contribution in [2.24, 2.45) is 0 Å². The van der Waals surface area contributed by atoms with Crippen molar-refractivity contribution in [2.75, 3.05) is 31.6 Å². The van der Waals surface area contributed by atoms with E-state index >= 15 is 0 Å². The van der Waals surface area contributed by atoms with Gasteiger partial charge in [0.15, 0.2) is 0 Å². The van der Waals surface area contributed by atoms with Crippen LogP contribution >= 0.6 is 11.6 Å². The molecule has 1 fully saturated rings. The van der Waals surface area contributed by atoms with Crippen LogP contribution in [-0.2, 0) is 4.74 Å². The summed E-state index contributed by atoms with van der Waals surface area (Å²) in [6, 6.07) is 6.74. The SMILES string of the molecule is CCCNC(C)c1ccc(N2CCC(OC)C2)c(Cl)c1. The van der Waals surface area contributed by atoms with Crippen LogP contribution in [0.15, 0.2) is 18.2 Å². The first kappa shape index (κ1) is 15.6. The average Bonchev–Trinajstić information content (AvgIpc) is 2.93. The van der Waals surface area contributed by atoms with Gasteiger partial charge in [0.2, 0.25) is 0 Å². The molecule has 1 aliphatic rings. The molecule has 1 aromatic rings. The number of rotatable bonds is 6. The van der Waals surface area contributed by atoms with E-state index in [-0.39, 0.29) is 0 Å². The van der Waals surface area contributed by atoms with Gasteiger partial charge in [-0.25, -0.2) is 0 Å². The molecule has 112 valence electrons. The van der Waals surface area contributed by atoms with Crippen LogP contribution in [0.2, 0.25) is 5.02 Å². The van der Waals surface area contributed by atoms with Gasteiger partial charge in [0.05, 0.1) is 16.8 Å². The highest BCUT2D eigenvalue weighted by Gasteiger charge is 2.23. The molecule has 2 atom stereocenters. The quantitative estimate of drug-likeness (QED) is 0.867. The van der Waals surface area contributed by atoms with E-state index in [2.05, 4.69) is 42.3 Å². The van der Waals surface area contributed by atoms with Crippen LogP contribution in [0.25, 0.3) is 0 Å². The van der Waals surface area contributed by atoms with E-state index in [1.807, 2.05) is 0 Å². The van der Waals surface area contributed by atoms with Crippen molar-refractivity contribution in [3.8, 4) is 0 Å². The molecule has 3 nitrogen and oxygen atoms in total. The summed E-state index contributed by atoms with van der Waals surface area (Å²) in [7, 11) is 1.78. The maximum Gasteiger partial charge on any atom is 0.0762 e. The molecule has 0 aliphatic carbocycles. The van der Waals surface area contributed by atoms with Gasteiger partial charge in [-0.3, -0.25) is 0 Å². The van der Waals surface area contributed by atoms with Crippen molar-refractivity contribution >= 4 is 17.3 Å². The Bertz CT molecular complexity index is 438. The zero-order valence-corrected chi connectivity index (χ0v) is 13.4. The monoisotopic (exact) mass is 296 g/mol. The van der Waals surface area contributed by atoms with Crippen molar-refractivity contribution in [3.05, 3.63) is 28.8 Å². The fourth-order valence-electron chi connectivity index (χ4n) is 2.67. The summed E-state index contributed by atoms with van der Waals surface area (Å²) in [6.45, 7) is 7.33. The first-order chi connectivity index (χ1) is 9.65. The highest BCUT2D eigenvalue weighted by molar-refractivity contribution is 6.33. The third-order valence-electron chi connectivity index (χ3n) is 3.99. The number of anilines is 1. The highest BCUT2D eigenvalue weighted by Crippen LogP contribution is 2.31. The summed E-state index contributed by atoms with van der Waals surface area (Å²) >= 11 is 6.47. The number of hydrogen-bond acceptors (Lipinski definition) is 3. The molecule has 0 spiro atoms. The van der Waals surface area contributed by atoms with Crippen molar-refractivity contribution < 1.29 is 4.74 Å². The Labute approximate surface area is 127 Å². The van der Waals surface area contributed by atoms with Gasteiger partial charge in [-0.05, 0) is 44.0 Å². The van der Waals surface area contributed by atoms with Gasteiger partial charge in [-0.2, -0.15) is 0 Å². The second-order valence-electron chi connectivity index (χ2n) is 5.48. The van der Waals surface area contributed by atoms with Crippen LogP contribution in [-0.4, -0.2) is 32.8 Å². The molecule has 1 saturated heterocycles. The maximum absolute atomic E-state index is 6.47. The van der Waals surface area contributed by atoms with Crippen molar-refractivity contribution in [2.45, 2.75) is 38.8 Å². The fourth-order valence-corrected chi connectivity index (χ4v) is 2.98. The van der Waals surface area contributed by atoms with E-state index in [9.17, 15) is 0 Å². The van der Waals surface area contributed by atoms with Gasteiger partial charge >= 0.3 is 0 Å². The van der Waals surface area contributed by atoms with Crippen molar-refractivity contribution in [1.82, 2.24) is 5.32 Å². The molecule has 0 bridgehead atoms. The largest absolute Gasteiger partial charge is 0.380 e. The van der Waals surface area contributed by atoms with E-state index in [0.29, 0.717) is 12.1 Å². The van der Waals surface area contributed by atoms with Crippen molar-refractivity contribution in [3.63, 3.8) is 0 Å². The lowest BCUT2D eigenvalue weighted by atomic mass is 10.1. The van der Waals surface area contributed by atoms with E-state index in [0.717, 1.165) is 43.2 Å². The number of nitrogens with zero attached hydrogens (tertiary/aromatic N) is 1. The van der Waals surface area contributed by atoms with Crippen LogP contribution in [0.1, 0.15) is 38.3 Å². The first-order valence-corrected chi connectivity index (χ1v) is 7.84. The van der Waals surface area contributed by atoms with Gasteiger partial charge in [0.25, 0.3) is 0 Å². The lowest BCUT2D eigenvalue weighted by Crippen LogP contribution is -2.23. The second-order valence-corrected chi connectivity index (χ2v) is 5.89. The van der Waals surface area contributed by atoms with E-state index in [1.165, 1.54) is 5.56 Å². The normalized spacial score (nSPS) is 20.4. The molecule has 1 aromatic carbocycles. The summed E-state index contributed by atoms with van der Waals surface area (Å²) in [5.41, 5.74) is 2.37. The minimum absolute atomic E-state index is 0.330. The highest BCUT2D eigenvalue weighted by atomic mass is 35.5. The minimum Gasteiger partial charge on any atom is -0.380 e. The number of hydrogen-bond donors (Lipinski definition) is 1. The first-order valence-electron chi connectivity index (χ1n) is 7.46. The van der Waals surface area contributed by atoms with Crippen molar-refractivity contribution in [1.29, 1.82) is 0 Å². The Hall–Kier alpha value is -0.770. The van der Waals surface area contributed by atoms with Gasteiger partial charge < -0.3 is 15.0 Å². The summed E-state index contributed by atoms with van der Waals surface area (Å²) in [6.07, 6.45) is 2.54. The molecule has 1 heterocycles. The van der Waals surface area contributed by atoms with Gasteiger partial charge in [0.1, 0.15) is 0 Å². The second kappa shape index (κ2) is 7.30. The average molecular weight is 297 g/mol. The molecule has 20 heavy (non-hydrogen) atoms. The van der Waals surface area contributed by atoms with Crippen LogP contribution < -0.4 is 10.2 Å². The van der Waals surface area contributed by atoms with E-state index in [1.54, 1.807) is 7.11 Å². The summed E-state index contributed by atoms with van der Waals surface area (Å²) in [4.78, 5) is 2.31. The predicted octanol–water partition coefficient (Wildman–Crippen LogP) is 3.63. The lowest BCUT2D eigenvalue weighted by Gasteiger charge is -2.21. The number of ether oxygens (including phenoxy) is 1. The zero-order valence-electron chi connectivity index (χ0n) is 12.7. The molecule has 1 aliphatic heterocycles. The maximum atomic E-state index is 6.47. The van der Waals surface area contributed by atoms with Crippen LogP contribution in [0.5, 0.6) is 0 Å². The van der Waals surface area contributed by atoms with Gasteiger partial charge in [-0.15, -0.1) is 0 Å². The zero-order chi connectivity index (χ0) is 14.5. The molecule has 2 unspecified atom stereocenters. The Morgan fingerprint density at radius 3 is 2.90 bits per heavy atom. The molecule has 2 rings (SSSR count). The van der Waals surface area contributed by atoms with Gasteiger partial charge in [0, 0.05) is 26.2 Å². The molecule has 0 aromatic heterocycles. The number of benzene rings is 1. The molecule has 4 heteroatoms. The summed E-state index contributed by atoms with van der Waals surface area (Å²) in [5, 5.41) is 4.33. The Morgan fingerprint density at radius 1 is 1.50 bits per heavy atom. The van der Waals surface area contributed by atoms with Crippen LogP contribution in [0.3, 0.4) is 0 Å². The molecular weight excluding hydrogens is 272 g/mol. The summed E-state index contributed by atoms with van der Waals surface area (Å²) in [5.74, 6) is 0. The number of methoxy groups -OCH3 is 1. The molecular formula is C16H25ClN2O. The molecule has 0 saturated carbocycles. The van der Waals surface area contributed by atoms with E-state index in [4.69, 9.17) is 16.3 Å². The fraction of sp³-hybridized carbons (Fsp3) is 0.625. The number of halogens is 1. The molecule has 0 amide bonds. The predicted molar refractivity (Wildman–Crippen MR) is 85.8 cm³/mol. The Morgan fingerprint density at radius 2 is 2.30 bits per heavy atom. The smallest absolute Gasteiger partial charge is 0.0762 e. The van der Waals surface area contributed by atoms with Crippen LogP contribution in [0, 0.1) is 0 Å². The molecule has 0 radical (unpaired) electrons. The lowest BCUT2D eigenvalue weighted by molar-refractivity contribution is 0.121. The summed E-state index contributed by atoms with van der Waals surface area (Å²) < 4.78 is 5.41. The topological polar surface area (TPSA) is 24.5 Å². The number of nitrogens with one attached hydrogen (secondary N) is 1.